The lowest BCUT2D eigenvalue weighted by Gasteiger charge is -2.07. The molecule has 146 valence electrons. The number of halogens is 1. The zero-order valence-corrected chi connectivity index (χ0v) is 16.3. The molecule has 0 amide bonds. The molecule has 0 atom stereocenters. The van der Waals surface area contributed by atoms with Gasteiger partial charge in [-0.15, -0.1) is 0 Å². The molecule has 2 aromatic heterocycles. The number of nitrogens with zero attached hydrogens (tertiary/aromatic N) is 4. The lowest BCUT2D eigenvalue weighted by molar-refractivity contribution is 0.368. The molecule has 0 aliphatic rings. The molecule has 29 heavy (non-hydrogen) atoms. The summed E-state index contributed by atoms with van der Waals surface area (Å²) in [5.74, 6) is 1.59. The van der Waals surface area contributed by atoms with Gasteiger partial charge in [0.1, 0.15) is 5.75 Å². The van der Waals surface area contributed by atoms with Crippen LogP contribution in [0, 0.1) is 0 Å². The predicted molar refractivity (Wildman–Crippen MR) is 109 cm³/mol. The van der Waals surface area contributed by atoms with Gasteiger partial charge in [0.15, 0.2) is 0 Å². The second-order valence-electron chi connectivity index (χ2n) is 6.28. The van der Waals surface area contributed by atoms with E-state index in [1.54, 1.807) is 25.3 Å². The van der Waals surface area contributed by atoms with Crippen LogP contribution >= 0.6 is 11.6 Å². The second kappa shape index (κ2) is 8.28. The van der Waals surface area contributed by atoms with Crippen LogP contribution in [0.25, 0.3) is 22.6 Å². The molecular weight excluding hydrogens is 392 g/mol. The molecule has 8 heteroatoms. The molecular formula is C21H17ClN4O3. The van der Waals surface area contributed by atoms with Crippen molar-refractivity contribution in [2.75, 3.05) is 7.11 Å². The van der Waals surface area contributed by atoms with E-state index in [1.807, 2.05) is 36.4 Å². The van der Waals surface area contributed by atoms with Crippen LogP contribution < -0.4 is 10.3 Å². The summed E-state index contributed by atoms with van der Waals surface area (Å²) in [5, 5.41) is 9.03. The summed E-state index contributed by atoms with van der Waals surface area (Å²) in [6, 6.07) is 17.9. The first-order valence-corrected chi connectivity index (χ1v) is 9.31. The van der Waals surface area contributed by atoms with Gasteiger partial charge in [0.05, 0.1) is 19.3 Å². The minimum atomic E-state index is -0.203. The predicted octanol–water partition coefficient (Wildman–Crippen LogP) is 3.87. The molecule has 2 heterocycles. The zero-order chi connectivity index (χ0) is 20.2. The number of methoxy groups -OCH3 is 1. The Morgan fingerprint density at radius 1 is 1.07 bits per heavy atom. The van der Waals surface area contributed by atoms with E-state index in [0.29, 0.717) is 35.4 Å². The summed E-state index contributed by atoms with van der Waals surface area (Å²) in [6.07, 6.45) is 0.377. The SMILES string of the molecule is COc1cccc(-c2ccc(=O)n(CCc3nc(-c4cccc(Cl)c4)no3)n2)c1. The van der Waals surface area contributed by atoms with Crippen molar-refractivity contribution >= 4 is 11.6 Å². The largest absolute Gasteiger partial charge is 0.497 e. The second-order valence-corrected chi connectivity index (χ2v) is 6.72. The van der Waals surface area contributed by atoms with Crippen molar-refractivity contribution in [3.63, 3.8) is 0 Å². The van der Waals surface area contributed by atoms with Gasteiger partial charge < -0.3 is 9.26 Å². The average Bonchev–Trinajstić information content (AvgIpc) is 3.22. The first-order chi connectivity index (χ1) is 14.1. The van der Waals surface area contributed by atoms with Gasteiger partial charge in [-0.1, -0.05) is 41.0 Å². The average molecular weight is 409 g/mol. The molecule has 0 N–H and O–H groups in total. The maximum Gasteiger partial charge on any atom is 0.266 e. The molecule has 2 aromatic carbocycles. The molecule has 0 unspecified atom stereocenters. The number of rotatable bonds is 6. The summed E-state index contributed by atoms with van der Waals surface area (Å²) in [4.78, 5) is 16.6. The van der Waals surface area contributed by atoms with Crippen molar-refractivity contribution in [1.29, 1.82) is 0 Å². The minimum absolute atomic E-state index is 0.203. The van der Waals surface area contributed by atoms with Crippen molar-refractivity contribution in [3.8, 4) is 28.4 Å². The van der Waals surface area contributed by atoms with Gasteiger partial charge in [0.25, 0.3) is 5.56 Å². The van der Waals surface area contributed by atoms with E-state index in [0.717, 1.165) is 16.9 Å². The normalized spacial score (nSPS) is 10.8. The van der Waals surface area contributed by atoms with E-state index in [4.69, 9.17) is 20.9 Å². The Hall–Kier alpha value is -3.45. The number of aryl methyl sites for hydroxylation is 2. The number of hydrogen-bond acceptors (Lipinski definition) is 6. The van der Waals surface area contributed by atoms with Gasteiger partial charge in [-0.2, -0.15) is 10.1 Å². The lowest BCUT2D eigenvalue weighted by Crippen LogP contribution is -2.23. The Morgan fingerprint density at radius 3 is 2.72 bits per heavy atom. The Kier molecular flexibility index (Phi) is 5.39. The van der Waals surface area contributed by atoms with Crippen LogP contribution in [0.1, 0.15) is 5.89 Å². The van der Waals surface area contributed by atoms with Crippen molar-refractivity contribution < 1.29 is 9.26 Å². The Morgan fingerprint density at radius 2 is 1.90 bits per heavy atom. The van der Waals surface area contributed by atoms with Crippen LogP contribution in [0.15, 0.2) is 70.0 Å². The number of ether oxygens (including phenoxy) is 1. The van der Waals surface area contributed by atoms with Gasteiger partial charge in [-0.3, -0.25) is 4.79 Å². The van der Waals surface area contributed by atoms with E-state index < -0.39 is 0 Å². The number of aromatic nitrogens is 4. The molecule has 0 bridgehead atoms. The van der Waals surface area contributed by atoms with Crippen LogP contribution in [0.2, 0.25) is 5.02 Å². The number of hydrogen-bond donors (Lipinski definition) is 0. The monoisotopic (exact) mass is 408 g/mol. The van der Waals surface area contributed by atoms with Crippen molar-refractivity contribution in [2.24, 2.45) is 0 Å². The van der Waals surface area contributed by atoms with Gasteiger partial charge in [0, 0.05) is 28.6 Å². The molecule has 0 saturated heterocycles. The maximum absolute atomic E-state index is 12.2. The van der Waals surface area contributed by atoms with Gasteiger partial charge in [-0.25, -0.2) is 4.68 Å². The number of benzene rings is 2. The van der Waals surface area contributed by atoms with E-state index in [-0.39, 0.29) is 5.56 Å². The summed E-state index contributed by atoms with van der Waals surface area (Å²) in [5.41, 5.74) is 2.10. The quantitative estimate of drug-likeness (QED) is 0.481. The van der Waals surface area contributed by atoms with Gasteiger partial charge >= 0.3 is 0 Å². The molecule has 0 fully saturated rings. The van der Waals surface area contributed by atoms with Gasteiger partial charge in [-0.05, 0) is 30.3 Å². The molecule has 4 aromatic rings. The van der Waals surface area contributed by atoms with Crippen molar-refractivity contribution in [3.05, 3.63) is 81.9 Å². The standard InChI is InChI=1S/C21H17ClN4O3/c1-28-17-7-3-4-14(13-17)18-8-9-20(27)26(24-18)11-10-19-23-21(25-29-19)15-5-2-6-16(22)12-15/h2-9,12-13H,10-11H2,1H3. The summed E-state index contributed by atoms with van der Waals surface area (Å²) >= 11 is 6.00. The fourth-order valence-corrected chi connectivity index (χ4v) is 3.04. The van der Waals surface area contributed by atoms with E-state index in [2.05, 4.69) is 15.2 Å². The molecule has 0 aliphatic carbocycles. The minimum Gasteiger partial charge on any atom is -0.497 e. The maximum atomic E-state index is 12.2. The van der Waals surface area contributed by atoms with Crippen molar-refractivity contribution in [2.45, 2.75) is 13.0 Å². The van der Waals surface area contributed by atoms with E-state index >= 15 is 0 Å². The fraction of sp³-hybridized carbons (Fsp3) is 0.143. The van der Waals surface area contributed by atoms with E-state index in [9.17, 15) is 4.79 Å². The molecule has 4 rings (SSSR count). The summed E-state index contributed by atoms with van der Waals surface area (Å²) in [7, 11) is 1.61. The van der Waals surface area contributed by atoms with Crippen LogP contribution in [0.3, 0.4) is 0 Å². The lowest BCUT2D eigenvalue weighted by atomic mass is 10.1. The third kappa shape index (κ3) is 4.35. The highest BCUT2D eigenvalue weighted by atomic mass is 35.5. The summed E-state index contributed by atoms with van der Waals surface area (Å²) in [6.45, 7) is 0.313. The first-order valence-electron chi connectivity index (χ1n) is 8.93. The summed E-state index contributed by atoms with van der Waals surface area (Å²) < 4.78 is 11.9. The van der Waals surface area contributed by atoms with Crippen LogP contribution in [0.4, 0.5) is 0 Å². The zero-order valence-electron chi connectivity index (χ0n) is 15.6. The highest BCUT2D eigenvalue weighted by Crippen LogP contribution is 2.22. The highest BCUT2D eigenvalue weighted by molar-refractivity contribution is 6.30. The topological polar surface area (TPSA) is 83.0 Å². The third-order valence-corrected chi connectivity index (χ3v) is 4.56. The molecule has 7 nitrogen and oxygen atoms in total. The van der Waals surface area contributed by atoms with Crippen LogP contribution in [-0.4, -0.2) is 27.0 Å². The molecule has 0 saturated carbocycles. The van der Waals surface area contributed by atoms with Gasteiger partial charge in [0.2, 0.25) is 11.7 Å². The van der Waals surface area contributed by atoms with E-state index in [1.165, 1.54) is 10.7 Å². The Labute approximate surface area is 171 Å². The fourth-order valence-electron chi connectivity index (χ4n) is 2.85. The molecule has 0 aliphatic heterocycles. The van der Waals surface area contributed by atoms with Crippen LogP contribution in [-0.2, 0) is 13.0 Å². The molecule has 0 spiro atoms. The highest BCUT2D eigenvalue weighted by Gasteiger charge is 2.11. The Balaban J connectivity index is 1.52. The third-order valence-electron chi connectivity index (χ3n) is 4.32. The van der Waals surface area contributed by atoms with Crippen LogP contribution in [0.5, 0.6) is 5.75 Å². The van der Waals surface area contributed by atoms with Crippen molar-refractivity contribution in [1.82, 2.24) is 19.9 Å². The smallest absolute Gasteiger partial charge is 0.266 e. The molecule has 0 radical (unpaired) electrons. The Bertz CT molecular complexity index is 1200. The first kappa shape index (κ1) is 18.9.